The van der Waals surface area contributed by atoms with Gasteiger partial charge in [0, 0.05) is 11.1 Å². The van der Waals surface area contributed by atoms with Crippen LogP contribution in [0.2, 0.25) is 0 Å². The molecule has 0 aliphatic heterocycles. The third-order valence-corrected chi connectivity index (χ3v) is 5.46. The molecule has 32 heavy (non-hydrogen) atoms. The van der Waals surface area contributed by atoms with E-state index in [0.717, 1.165) is 11.3 Å². The predicted octanol–water partition coefficient (Wildman–Crippen LogP) is 3.72. The summed E-state index contributed by atoms with van der Waals surface area (Å²) in [5, 5.41) is 7.82. The Morgan fingerprint density at radius 2 is 1.91 bits per heavy atom. The number of carbonyl (C=O) groups excluding carboxylic acids is 3. The molecule has 0 unspecified atom stereocenters. The maximum atomic E-state index is 12.5. The van der Waals surface area contributed by atoms with Crippen molar-refractivity contribution in [1.29, 1.82) is 0 Å². The van der Waals surface area contributed by atoms with Gasteiger partial charge in [0.05, 0.1) is 18.4 Å². The van der Waals surface area contributed by atoms with Crippen molar-refractivity contribution in [3.05, 3.63) is 70.1 Å². The highest BCUT2D eigenvalue weighted by Gasteiger charge is 2.27. The number of anilines is 1. The first kappa shape index (κ1) is 23.2. The number of hydrogen-bond donors (Lipinski definition) is 2. The van der Waals surface area contributed by atoms with Crippen LogP contribution in [0.5, 0.6) is 0 Å². The third-order valence-electron chi connectivity index (χ3n) is 4.56. The van der Waals surface area contributed by atoms with E-state index in [9.17, 15) is 14.4 Å². The van der Waals surface area contributed by atoms with E-state index in [0.29, 0.717) is 10.7 Å². The lowest BCUT2D eigenvalue weighted by Gasteiger charge is -2.20. The second kappa shape index (κ2) is 10.7. The van der Waals surface area contributed by atoms with Crippen LogP contribution in [0.3, 0.4) is 0 Å². The van der Waals surface area contributed by atoms with Gasteiger partial charge in [0.2, 0.25) is 5.91 Å². The largest absolute Gasteiger partial charge is 0.459 e. The number of carbonyl (C=O) groups is 3. The lowest BCUT2D eigenvalue weighted by molar-refractivity contribution is -0.148. The van der Waals surface area contributed by atoms with Gasteiger partial charge in [-0.2, -0.15) is 0 Å². The molecule has 2 heterocycles. The van der Waals surface area contributed by atoms with Gasteiger partial charge >= 0.3 is 5.97 Å². The van der Waals surface area contributed by atoms with Gasteiger partial charge in [-0.1, -0.05) is 31.5 Å². The Kier molecular flexibility index (Phi) is 7.77. The summed E-state index contributed by atoms with van der Waals surface area (Å²) in [5.74, 6) is -1.28. The summed E-state index contributed by atoms with van der Waals surface area (Å²) >= 11 is 1.32. The molecule has 0 radical (unpaired) electrons. The van der Waals surface area contributed by atoms with Crippen molar-refractivity contribution in [2.45, 2.75) is 39.8 Å². The van der Waals surface area contributed by atoms with Crippen molar-refractivity contribution in [1.82, 2.24) is 10.3 Å². The van der Waals surface area contributed by atoms with Gasteiger partial charge in [0.25, 0.3) is 5.91 Å². The van der Waals surface area contributed by atoms with Gasteiger partial charge in [-0.25, -0.2) is 9.78 Å². The topological polar surface area (TPSA) is 111 Å². The zero-order valence-electron chi connectivity index (χ0n) is 18.1. The Morgan fingerprint density at radius 1 is 1.16 bits per heavy atom. The van der Waals surface area contributed by atoms with Crippen LogP contribution >= 0.6 is 11.3 Å². The van der Waals surface area contributed by atoms with Gasteiger partial charge in [0.15, 0.2) is 5.76 Å². The van der Waals surface area contributed by atoms with E-state index in [1.807, 2.05) is 45.0 Å². The van der Waals surface area contributed by atoms with E-state index >= 15 is 0 Å². The lowest BCUT2D eigenvalue weighted by Crippen LogP contribution is -2.45. The highest BCUT2D eigenvalue weighted by atomic mass is 32.1. The molecule has 168 valence electrons. The number of furan rings is 1. The standard InChI is InChI=1S/C23H25N3O5S/c1-14(2)21(26-22(28)18-5-4-10-30-18)23(29)31-12-17-13-32-20(25-17)11-19(27)24-16-8-6-15(3)7-9-16/h4-10,13-14,21H,11-12H2,1-3H3,(H,24,27)(H,26,28)/t21-/m0/s1. The lowest BCUT2D eigenvalue weighted by atomic mass is 10.0. The van der Waals surface area contributed by atoms with E-state index in [-0.39, 0.29) is 30.6 Å². The number of ether oxygens (including phenoxy) is 1. The van der Waals surface area contributed by atoms with Crippen LogP contribution in [-0.4, -0.2) is 28.8 Å². The summed E-state index contributed by atoms with van der Waals surface area (Å²) in [6.07, 6.45) is 1.51. The minimum absolute atomic E-state index is 0.0469. The summed E-state index contributed by atoms with van der Waals surface area (Å²) < 4.78 is 10.4. The number of esters is 1. The normalized spacial score (nSPS) is 11.8. The van der Waals surface area contributed by atoms with Crippen LogP contribution in [0.15, 0.2) is 52.5 Å². The van der Waals surface area contributed by atoms with Gasteiger partial charge in [0.1, 0.15) is 17.7 Å². The van der Waals surface area contributed by atoms with Crippen molar-refractivity contribution < 1.29 is 23.5 Å². The molecule has 0 spiro atoms. The average molecular weight is 456 g/mol. The molecular formula is C23H25N3O5S. The molecule has 0 aliphatic carbocycles. The van der Waals surface area contributed by atoms with Crippen molar-refractivity contribution in [2.24, 2.45) is 5.92 Å². The Bertz CT molecular complexity index is 1060. The summed E-state index contributed by atoms with van der Waals surface area (Å²) in [6, 6.07) is 9.82. The fourth-order valence-corrected chi connectivity index (χ4v) is 3.61. The molecular weight excluding hydrogens is 430 g/mol. The first-order chi connectivity index (χ1) is 15.3. The zero-order chi connectivity index (χ0) is 23.1. The first-order valence-electron chi connectivity index (χ1n) is 10.1. The minimum Gasteiger partial charge on any atom is -0.459 e. The third kappa shape index (κ3) is 6.52. The smallest absolute Gasteiger partial charge is 0.329 e. The zero-order valence-corrected chi connectivity index (χ0v) is 18.9. The average Bonchev–Trinajstić information content (AvgIpc) is 3.44. The number of thiazole rings is 1. The van der Waals surface area contributed by atoms with E-state index in [1.54, 1.807) is 11.4 Å². The highest BCUT2D eigenvalue weighted by Crippen LogP contribution is 2.15. The van der Waals surface area contributed by atoms with E-state index in [4.69, 9.17) is 9.15 Å². The fourth-order valence-electron chi connectivity index (χ4n) is 2.83. The molecule has 8 nitrogen and oxygen atoms in total. The second-order valence-corrected chi connectivity index (χ2v) is 8.55. The number of benzene rings is 1. The van der Waals surface area contributed by atoms with Crippen molar-refractivity contribution >= 4 is 34.8 Å². The molecule has 0 bridgehead atoms. The summed E-state index contributed by atoms with van der Waals surface area (Å²) in [7, 11) is 0. The molecule has 0 aliphatic rings. The van der Waals surface area contributed by atoms with Gasteiger partial charge < -0.3 is 19.8 Å². The van der Waals surface area contributed by atoms with Crippen LogP contribution in [0, 0.1) is 12.8 Å². The summed E-state index contributed by atoms with van der Waals surface area (Å²) in [4.78, 5) is 41.3. The molecule has 1 aromatic carbocycles. The molecule has 0 saturated heterocycles. The number of hydrogen-bond acceptors (Lipinski definition) is 7. The first-order valence-corrected chi connectivity index (χ1v) is 11.0. The molecule has 0 saturated carbocycles. The molecule has 3 aromatic rings. The molecule has 9 heteroatoms. The Morgan fingerprint density at radius 3 is 2.56 bits per heavy atom. The minimum atomic E-state index is -0.828. The molecule has 2 amide bonds. The van der Waals surface area contributed by atoms with Crippen molar-refractivity contribution in [2.75, 3.05) is 5.32 Å². The maximum absolute atomic E-state index is 12.5. The monoisotopic (exact) mass is 455 g/mol. The molecule has 3 rings (SSSR count). The van der Waals surface area contributed by atoms with Crippen molar-refractivity contribution in [3.63, 3.8) is 0 Å². The van der Waals surface area contributed by atoms with E-state index < -0.39 is 17.9 Å². The SMILES string of the molecule is Cc1ccc(NC(=O)Cc2nc(COC(=O)[C@@H](NC(=O)c3ccco3)C(C)C)cs2)cc1. The number of nitrogens with one attached hydrogen (secondary N) is 2. The molecule has 0 fully saturated rings. The number of aryl methyl sites for hydroxylation is 1. The molecule has 1 atom stereocenters. The Hall–Kier alpha value is -3.46. The number of nitrogens with zero attached hydrogens (tertiary/aromatic N) is 1. The van der Waals surface area contributed by atoms with E-state index in [1.165, 1.54) is 23.7 Å². The van der Waals surface area contributed by atoms with Crippen LogP contribution in [-0.2, 0) is 27.4 Å². The Balaban J connectivity index is 1.50. The number of amides is 2. The maximum Gasteiger partial charge on any atom is 0.329 e. The van der Waals surface area contributed by atoms with Gasteiger partial charge in [-0.15, -0.1) is 11.3 Å². The summed E-state index contributed by atoms with van der Waals surface area (Å²) in [5.41, 5.74) is 2.38. The van der Waals surface area contributed by atoms with E-state index in [2.05, 4.69) is 15.6 Å². The van der Waals surface area contributed by atoms with Crippen LogP contribution in [0.1, 0.15) is 40.7 Å². The molecule has 2 aromatic heterocycles. The Labute approximate surface area is 190 Å². The molecule has 2 N–H and O–H groups in total. The van der Waals surface area contributed by atoms with Crippen LogP contribution in [0.4, 0.5) is 5.69 Å². The fraction of sp³-hybridized carbons (Fsp3) is 0.304. The van der Waals surface area contributed by atoms with Crippen LogP contribution < -0.4 is 10.6 Å². The quantitative estimate of drug-likeness (QED) is 0.476. The number of aromatic nitrogens is 1. The van der Waals surface area contributed by atoms with Gasteiger partial charge in [-0.05, 0) is 37.1 Å². The van der Waals surface area contributed by atoms with Gasteiger partial charge in [-0.3, -0.25) is 9.59 Å². The van der Waals surface area contributed by atoms with Crippen molar-refractivity contribution in [3.8, 4) is 0 Å². The highest BCUT2D eigenvalue weighted by molar-refractivity contribution is 7.09. The number of rotatable bonds is 9. The second-order valence-electron chi connectivity index (χ2n) is 7.60. The van der Waals surface area contributed by atoms with Crippen LogP contribution in [0.25, 0.3) is 0 Å². The predicted molar refractivity (Wildman–Crippen MR) is 120 cm³/mol. The summed E-state index contributed by atoms with van der Waals surface area (Å²) in [6.45, 7) is 5.55.